The summed E-state index contributed by atoms with van der Waals surface area (Å²) < 4.78 is 23.0. The number of hydrogen-bond donors (Lipinski definition) is 0. The van der Waals surface area contributed by atoms with E-state index in [2.05, 4.69) is 0 Å². The van der Waals surface area contributed by atoms with Crippen LogP contribution in [0.4, 0.5) is 4.79 Å². The first-order chi connectivity index (χ1) is 14.0. The predicted molar refractivity (Wildman–Crippen MR) is 110 cm³/mol. The molecule has 2 amide bonds. The minimum atomic E-state index is -1.18. The molecule has 0 N–H and O–H groups in total. The molecule has 0 spiro atoms. The van der Waals surface area contributed by atoms with E-state index in [0.717, 1.165) is 5.56 Å². The van der Waals surface area contributed by atoms with Gasteiger partial charge in [-0.15, -0.1) is 0 Å². The Kier molecular flexibility index (Phi) is 7.33. The molecule has 9 heteroatoms. The van der Waals surface area contributed by atoms with Gasteiger partial charge in [-0.25, -0.2) is 4.79 Å². The Bertz CT molecular complexity index is 893. The van der Waals surface area contributed by atoms with Crippen LogP contribution < -0.4 is 0 Å². The molecule has 0 bridgehead atoms. The van der Waals surface area contributed by atoms with Crippen molar-refractivity contribution in [3.63, 3.8) is 0 Å². The molecule has 3 rings (SSSR count). The lowest BCUT2D eigenvalue weighted by atomic mass is 10.2. The summed E-state index contributed by atoms with van der Waals surface area (Å²) in [5, 5.41) is 0.605. The fourth-order valence-electron chi connectivity index (χ4n) is 3.06. The first-order valence-corrected chi connectivity index (χ1v) is 11.2. The number of ether oxygens (including phenoxy) is 1. The first-order valence-electron chi connectivity index (χ1n) is 9.35. The zero-order chi connectivity index (χ0) is 20.8. The molecule has 1 atom stereocenters. The summed E-state index contributed by atoms with van der Waals surface area (Å²) in [4.78, 5) is 27.6. The van der Waals surface area contributed by atoms with Gasteiger partial charge in [0.15, 0.2) is 5.76 Å². The summed E-state index contributed by atoms with van der Waals surface area (Å²) in [5.41, 5.74) is 0.887. The number of furan rings is 1. The summed E-state index contributed by atoms with van der Waals surface area (Å²) >= 11 is 5.95. The first kappa shape index (κ1) is 21.4. The summed E-state index contributed by atoms with van der Waals surface area (Å²) in [6.45, 7) is 3.74. The Hall–Kier alpha value is -2.32. The molecule has 1 aromatic heterocycles. The maximum Gasteiger partial charge on any atom is 0.409 e. The van der Waals surface area contributed by atoms with Crippen LogP contribution in [0.3, 0.4) is 0 Å². The molecule has 1 aliphatic rings. The normalized spacial score (nSPS) is 15.2. The molecule has 0 unspecified atom stereocenters. The van der Waals surface area contributed by atoms with E-state index in [1.165, 1.54) is 0 Å². The van der Waals surface area contributed by atoms with Crippen LogP contribution in [-0.4, -0.2) is 58.8 Å². The van der Waals surface area contributed by atoms with Crippen LogP contribution in [0.2, 0.25) is 5.02 Å². The molecule has 1 saturated heterocycles. The van der Waals surface area contributed by atoms with Crippen molar-refractivity contribution in [2.45, 2.75) is 18.4 Å². The van der Waals surface area contributed by atoms with Crippen LogP contribution in [-0.2, 0) is 27.0 Å². The van der Waals surface area contributed by atoms with Crippen LogP contribution in [0.15, 0.2) is 40.8 Å². The number of rotatable bonds is 6. The molecular weight excluding hydrogens is 416 g/mol. The fraction of sp³-hybridized carbons (Fsp3) is 0.400. The average Bonchev–Trinajstić information content (AvgIpc) is 3.16. The zero-order valence-corrected chi connectivity index (χ0v) is 17.7. The van der Waals surface area contributed by atoms with E-state index in [1.54, 1.807) is 41.0 Å². The molecule has 0 radical (unpaired) electrons. The highest BCUT2D eigenvalue weighted by Crippen LogP contribution is 2.17. The summed E-state index contributed by atoms with van der Waals surface area (Å²) in [6.07, 6.45) is -0.359. The van der Waals surface area contributed by atoms with E-state index in [-0.39, 0.29) is 23.5 Å². The highest BCUT2D eigenvalue weighted by atomic mass is 35.5. The van der Waals surface area contributed by atoms with Gasteiger partial charge in [-0.05, 0) is 36.8 Å². The van der Waals surface area contributed by atoms with Gasteiger partial charge in [0.2, 0.25) is 0 Å². The monoisotopic (exact) mass is 438 g/mol. The Morgan fingerprint density at radius 1 is 1.10 bits per heavy atom. The van der Waals surface area contributed by atoms with Crippen LogP contribution >= 0.6 is 11.6 Å². The minimum absolute atomic E-state index is 0.212. The highest BCUT2D eigenvalue weighted by molar-refractivity contribution is 7.83. The van der Waals surface area contributed by atoms with Crippen molar-refractivity contribution in [3.05, 3.63) is 58.5 Å². The third-order valence-electron chi connectivity index (χ3n) is 4.49. The average molecular weight is 439 g/mol. The van der Waals surface area contributed by atoms with E-state index in [0.29, 0.717) is 49.3 Å². The van der Waals surface area contributed by atoms with E-state index in [9.17, 15) is 13.8 Å². The van der Waals surface area contributed by atoms with E-state index in [4.69, 9.17) is 20.8 Å². The summed E-state index contributed by atoms with van der Waals surface area (Å²) in [5.74, 6) is 1.06. The molecule has 1 fully saturated rings. The molecule has 1 aliphatic heterocycles. The second-order valence-electron chi connectivity index (χ2n) is 6.60. The quantitative estimate of drug-likeness (QED) is 0.691. The van der Waals surface area contributed by atoms with Gasteiger partial charge >= 0.3 is 6.09 Å². The zero-order valence-electron chi connectivity index (χ0n) is 16.1. The van der Waals surface area contributed by atoms with Crippen molar-refractivity contribution in [1.29, 1.82) is 0 Å². The molecule has 156 valence electrons. The lowest BCUT2D eigenvalue weighted by molar-refractivity contribution is 0.0545. The Morgan fingerprint density at radius 2 is 1.83 bits per heavy atom. The molecule has 29 heavy (non-hydrogen) atoms. The largest absolute Gasteiger partial charge is 0.455 e. The number of nitrogens with zero attached hydrogens (tertiary/aromatic N) is 2. The van der Waals surface area contributed by atoms with Crippen molar-refractivity contribution < 1.29 is 23.0 Å². The van der Waals surface area contributed by atoms with Crippen LogP contribution in [0.1, 0.15) is 28.8 Å². The van der Waals surface area contributed by atoms with Gasteiger partial charge in [0.1, 0.15) is 5.76 Å². The number of benzene rings is 1. The molecule has 7 nitrogen and oxygen atoms in total. The maximum atomic E-state index is 12.6. The van der Waals surface area contributed by atoms with E-state index in [1.807, 2.05) is 12.1 Å². The lowest BCUT2D eigenvalue weighted by Gasteiger charge is -2.33. The van der Waals surface area contributed by atoms with Crippen LogP contribution in [0.5, 0.6) is 0 Å². The van der Waals surface area contributed by atoms with Crippen molar-refractivity contribution >= 4 is 34.4 Å². The van der Waals surface area contributed by atoms with Crippen molar-refractivity contribution in [1.82, 2.24) is 9.80 Å². The summed E-state index contributed by atoms with van der Waals surface area (Å²) in [7, 11) is -1.18. The second kappa shape index (κ2) is 9.93. The SMILES string of the molecule is CCOC(=O)N1CCN(C(=O)c2ccc(C[S@](=O)Cc3cccc(Cl)c3)o2)CC1. The van der Waals surface area contributed by atoms with Crippen LogP contribution in [0, 0.1) is 0 Å². The number of carbonyl (C=O) groups is 2. The molecule has 1 aromatic carbocycles. The third kappa shape index (κ3) is 5.83. The van der Waals surface area contributed by atoms with Crippen molar-refractivity contribution in [2.75, 3.05) is 32.8 Å². The molecule has 2 aromatic rings. The lowest BCUT2D eigenvalue weighted by Crippen LogP contribution is -2.50. The number of amides is 2. The molecular formula is C20H23ClN2O5S. The molecule has 0 aliphatic carbocycles. The van der Waals surface area contributed by atoms with Gasteiger partial charge in [-0.1, -0.05) is 23.7 Å². The molecule has 2 heterocycles. The van der Waals surface area contributed by atoms with Crippen molar-refractivity contribution in [2.24, 2.45) is 0 Å². The predicted octanol–water partition coefficient (Wildman–Crippen LogP) is 3.30. The number of piperazine rings is 1. The maximum absolute atomic E-state index is 12.6. The smallest absolute Gasteiger partial charge is 0.409 e. The second-order valence-corrected chi connectivity index (χ2v) is 8.50. The number of carbonyl (C=O) groups excluding carboxylic acids is 2. The van der Waals surface area contributed by atoms with Gasteiger partial charge in [-0.2, -0.15) is 0 Å². The Labute approximate surface area is 177 Å². The molecule has 0 saturated carbocycles. The van der Waals surface area contributed by atoms with Gasteiger partial charge in [0.25, 0.3) is 5.91 Å². The number of halogens is 1. The van der Waals surface area contributed by atoms with Crippen molar-refractivity contribution in [3.8, 4) is 0 Å². The fourth-order valence-corrected chi connectivity index (χ4v) is 4.39. The third-order valence-corrected chi connectivity index (χ3v) is 5.98. The van der Waals surface area contributed by atoms with Gasteiger partial charge in [0, 0.05) is 47.8 Å². The van der Waals surface area contributed by atoms with Gasteiger partial charge in [-0.3, -0.25) is 9.00 Å². The van der Waals surface area contributed by atoms with E-state index >= 15 is 0 Å². The van der Waals surface area contributed by atoms with E-state index < -0.39 is 10.8 Å². The Morgan fingerprint density at radius 3 is 2.52 bits per heavy atom. The number of hydrogen-bond acceptors (Lipinski definition) is 5. The standard InChI is InChI=1S/C20H23ClN2O5S/c1-2-27-20(25)23-10-8-22(9-11-23)19(24)18-7-6-17(28-18)14-29(26)13-15-4-3-5-16(21)12-15/h3-7,12H,2,8-11,13-14H2,1H3/t29-/m1/s1. The summed E-state index contributed by atoms with van der Waals surface area (Å²) in [6, 6.07) is 10.5. The van der Waals surface area contributed by atoms with Gasteiger partial charge in [0.05, 0.1) is 12.4 Å². The highest BCUT2D eigenvalue weighted by Gasteiger charge is 2.27. The Balaban J connectivity index is 1.52. The van der Waals surface area contributed by atoms with Gasteiger partial charge < -0.3 is 19.0 Å². The van der Waals surface area contributed by atoms with Crippen LogP contribution in [0.25, 0.3) is 0 Å². The minimum Gasteiger partial charge on any atom is -0.455 e. The topological polar surface area (TPSA) is 80.1 Å².